The number of methoxy groups -OCH3 is 1. The van der Waals surface area contributed by atoms with E-state index >= 15 is 0 Å². The Hall–Kier alpha value is -2.98. The lowest BCUT2D eigenvalue weighted by molar-refractivity contribution is -0.261. The number of hydrogen-bond donors (Lipinski definition) is 2. The van der Waals surface area contributed by atoms with Gasteiger partial charge in [-0.1, -0.05) is 23.7 Å². The summed E-state index contributed by atoms with van der Waals surface area (Å²) in [6.07, 6.45) is -2.21. The smallest absolute Gasteiger partial charge is 0.430 e. The van der Waals surface area contributed by atoms with Crippen molar-refractivity contribution in [3.8, 4) is 5.75 Å². The SMILES string of the molecule is CNC(=O)c1ccc(N2CCC(CCCN(C)C(=O)[C@](O)(c3cccc(OC)c3)C(F)(F)F)CC2)cc1Cl. The minimum Gasteiger partial charge on any atom is -0.497 e. The van der Waals surface area contributed by atoms with Gasteiger partial charge in [-0.05, 0) is 61.9 Å². The molecule has 0 aromatic heterocycles. The van der Waals surface area contributed by atoms with Crippen molar-refractivity contribution >= 4 is 29.1 Å². The Morgan fingerprint density at radius 2 is 1.87 bits per heavy atom. The van der Waals surface area contributed by atoms with Gasteiger partial charge in [0, 0.05) is 45.0 Å². The molecule has 1 fully saturated rings. The highest BCUT2D eigenvalue weighted by Gasteiger charge is 2.61. The number of carbonyl (C=O) groups is 2. The number of carbonyl (C=O) groups excluding carboxylic acids is 2. The third-order valence-corrected chi connectivity index (χ3v) is 7.38. The molecule has 11 heteroatoms. The minimum atomic E-state index is -5.21. The van der Waals surface area contributed by atoms with Crippen molar-refractivity contribution in [1.29, 1.82) is 0 Å². The normalized spacial score (nSPS) is 16.1. The number of piperidine rings is 1. The van der Waals surface area contributed by atoms with Crippen molar-refractivity contribution in [3.63, 3.8) is 0 Å². The van der Waals surface area contributed by atoms with Crippen LogP contribution in [0.2, 0.25) is 5.02 Å². The molecule has 2 amide bonds. The fourth-order valence-corrected chi connectivity index (χ4v) is 5.01. The van der Waals surface area contributed by atoms with Gasteiger partial charge in [0.1, 0.15) is 5.75 Å². The van der Waals surface area contributed by atoms with Gasteiger partial charge in [-0.15, -0.1) is 0 Å². The van der Waals surface area contributed by atoms with E-state index in [1.807, 2.05) is 6.07 Å². The minimum absolute atomic E-state index is 0.0813. The average molecular weight is 556 g/mol. The molecule has 1 aliphatic rings. The van der Waals surface area contributed by atoms with Crippen molar-refractivity contribution in [3.05, 3.63) is 58.6 Å². The van der Waals surface area contributed by atoms with E-state index in [1.165, 1.54) is 26.3 Å². The molecule has 2 aromatic rings. The quantitative estimate of drug-likeness (QED) is 0.472. The molecule has 3 rings (SSSR count). The largest absolute Gasteiger partial charge is 0.497 e. The van der Waals surface area contributed by atoms with Crippen LogP contribution in [0.15, 0.2) is 42.5 Å². The third-order valence-electron chi connectivity index (χ3n) is 7.06. The van der Waals surface area contributed by atoms with Crippen molar-refractivity contribution in [2.75, 3.05) is 45.7 Å². The molecule has 38 heavy (non-hydrogen) atoms. The van der Waals surface area contributed by atoms with Crippen molar-refractivity contribution in [2.45, 2.75) is 37.5 Å². The van der Waals surface area contributed by atoms with Crippen LogP contribution in [-0.2, 0) is 10.4 Å². The number of anilines is 1. The predicted octanol–water partition coefficient (Wildman–Crippen LogP) is 4.61. The number of halogens is 4. The lowest BCUT2D eigenvalue weighted by Crippen LogP contribution is -2.55. The summed E-state index contributed by atoms with van der Waals surface area (Å²) in [7, 11) is 4.11. The van der Waals surface area contributed by atoms with Crippen molar-refractivity contribution in [1.82, 2.24) is 10.2 Å². The fourth-order valence-electron chi connectivity index (χ4n) is 4.75. The van der Waals surface area contributed by atoms with Crippen LogP contribution in [0.5, 0.6) is 5.75 Å². The standard InChI is InChI=1S/C27H33ClF3N3O4/c1-32-24(35)22-10-9-20(17-23(22)28)34-14-11-18(12-15-34)6-5-13-33(2)25(36)26(37,27(29,30)31)19-7-4-8-21(16-19)38-3/h4,7-10,16-18,37H,5-6,11-15H2,1-3H3,(H,32,35)/t26-/m1/s1. The maximum absolute atomic E-state index is 14.0. The van der Waals surface area contributed by atoms with E-state index < -0.39 is 23.2 Å². The highest BCUT2D eigenvalue weighted by Crippen LogP contribution is 2.41. The molecule has 1 saturated heterocycles. The summed E-state index contributed by atoms with van der Waals surface area (Å²) in [5.41, 5.74) is -2.92. The predicted molar refractivity (Wildman–Crippen MR) is 140 cm³/mol. The molecule has 0 unspecified atom stereocenters. The van der Waals surface area contributed by atoms with E-state index in [-0.39, 0.29) is 18.2 Å². The Morgan fingerprint density at radius 1 is 1.18 bits per heavy atom. The topological polar surface area (TPSA) is 82.1 Å². The molecule has 2 aromatic carbocycles. The summed E-state index contributed by atoms with van der Waals surface area (Å²) in [5, 5.41) is 13.6. The van der Waals surface area contributed by atoms with Gasteiger partial charge in [0.15, 0.2) is 0 Å². The number of rotatable bonds is 9. The summed E-state index contributed by atoms with van der Waals surface area (Å²) in [6.45, 7) is 1.63. The Bertz CT molecular complexity index is 1140. The second-order valence-electron chi connectivity index (χ2n) is 9.48. The van der Waals surface area contributed by atoms with Crippen LogP contribution in [0, 0.1) is 5.92 Å². The molecule has 0 bridgehead atoms. The summed E-state index contributed by atoms with van der Waals surface area (Å²) in [5.74, 6) is -1.21. The fraction of sp³-hybridized carbons (Fsp3) is 0.481. The number of alkyl halides is 3. The summed E-state index contributed by atoms with van der Waals surface area (Å²) < 4.78 is 46.8. The molecule has 1 aliphatic heterocycles. The van der Waals surface area contributed by atoms with E-state index in [0.717, 1.165) is 55.1 Å². The second kappa shape index (κ2) is 12.3. The van der Waals surface area contributed by atoms with E-state index in [9.17, 15) is 27.9 Å². The van der Waals surface area contributed by atoms with Crippen LogP contribution in [-0.4, -0.2) is 68.8 Å². The van der Waals surface area contributed by atoms with Gasteiger partial charge in [-0.25, -0.2) is 0 Å². The molecule has 0 spiro atoms. The first-order chi connectivity index (χ1) is 17.9. The highest BCUT2D eigenvalue weighted by molar-refractivity contribution is 6.34. The van der Waals surface area contributed by atoms with Gasteiger partial charge >= 0.3 is 6.18 Å². The first kappa shape index (κ1) is 29.6. The van der Waals surface area contributed by atoms with Gasteiger partial charge in [0.25, 0.3) is 17.4 Å². The van der Waals surface area contributed by atoms with Gasteiger partial charge in [-0.2, -0.15) is 13.2 Å². The molecule has 7 nitrogen and oxygen atoms in total. The summed E-state index contributed by atoms with van der Waals surface area (Å²) >= 11 is 6.27. The zero-order valence-electron chi connectivity index (χ0n) is 21.6. The number of benzene rings is 2. The third kappa shape index (κ3) is 6.35. The first-order valence-electron chi connectivity index (χ1n) is 12.4. The first-order valence-corrected chi connectivity index (χ1v) is 12.8. The molecule has 1 atom stereocenters. The van der Waals surface area contributed by atoms with Crippen LogP contribution in [0.3, 0.4) is 0 Å². The average Bonchev–Trinajstić information content (AvgIpc) is 2.91. The second-order valence-corrected chi connectivity index (χ2v) is 9.89. The Kier molecular flexibility index (Phi) is 9.54. The highest BCUT2D eigenvalue weighted by atomic mass is 35.5. The van der Waals surface area contributed by atoms with Crippen LogP contribution in [0.1, 0.15) is 41.6 Å². The van der Waals surface area contributed by atoms with Gasteiger partial charge in [0.2, 0.25) is 0 Å². The van der Waals surface area contributed by atoms with Crippen LogP contribution < -0.4 is 15.0 Å². The van der Waals surface area contributed by atoms with Gasteiger partial charge < -0.3 is 25.0 Å². The molecule has 208 valence electrons. The van der Waals surface area contributed by atoms with Crippen LogP contribution in [0.25, 0.3) is 0 Å². The van der Waals surface area contributed by atoms with Crippen LogP contribution in [0.4, 0.5) is 18.9 Å². The van der Waals surface area contributed by atoms with Crippen LogP contribution >= 0.6 is 11.6 Å². The molecule has 0 aliphatic carbocycles. The van der Waals surface area contributed by atoms with Gasteiger partial charge in [0.05, 0.1) is 17.7 Å². The molecule has 1 heterocycles. The van der Waals surface area contributed by atoms with Crippen molar-refractivity contribution < 1.29 is 32.6 Å². The zero-order valence-corrected chi connectivity index (χ0v) is 22.4. The lowest BCUT2D eigenvalue weighted by Gasteiger charge is -2.35. The number of aliphatic hydroxyl groups is 1. The number of hydrogen-bond acceptors (Lipinski definition) is 5. The maximum atomic E-state index is 14.0. The molecular weight excluding hydrogens is 523 g/mol. The number of likely N-dealkylation sites (N-methyl/N-ethyl adjacent to an activating group) is 1. The number of nitrogens with zero attached hydrogens (tertiary/aromatic N) is 2. The summed E-state index contributed by atoms with van der Waals surface area (Å²) in [6, 6.07) is 10.2. The molecule has 0 radical (unpaired) electrons. The van der Waals surface area contributed by atoms with E-state index in [0.29, 0.717) is 22.9 Å². The van der Waals surface area contributed by atoms with E-state index in [2.05, 4.69) is 10.2 Å². The molecule has 2 N–H and O–H groups in total. The molecular formula is C27H33ClF3N3O4. The van der Waals surface area contributed by atoms with Gasteiger partial charge in [-0.3, -0.25) is 9.59 Å². The number of amides is 2. The Labute approximate surface area is 225 Å². The van der Waals surface area contributed by atoms with E-state index in [4.69, 9.17) is 16.3 Å². The van der Waals surface area contributed by atoms with Crippen molar-refractivity contribution in [2.24, 2.45) is 5.92 Å². The Balaban J connectivity index is 1.55. The number of ether oxygens (including phenoxy) is 1. The lowest BCUT2D eigenvalue weighted by atomic mass is 9.90. The monoisotopic (exact) mass is 555 g/mol. The molecule has 0 saturated carbocycles. The zero-order chi connectivity index (χ0) is 28.1. The van der Waals surface area contributed by atoms with E-state index in [1.54, 1.807) is 19.2 Å². The Morgan fingerprint density at radius 3 is 2.45 bits per heavy atom. The number of nitrogens with one attached hydrogen (secondary N) is 1. The maximum Gasteiger partial charge on any atom is 0.430 e. The summed E-state index contributed by atoms with van der Waals surface area (Å²) in [4.78, 5) is 27.9.